The first-order valence-electron chi connectivity index (χ1n) is 7.11. The number of para-hydroxylation sites is 1. The van der Waals surface area contributed by atoms with Gasteiger partial charge in [0, 0.05) is 19.3 Å². The molecule has 0 saturated heterocycles. The third kappa shape index (κ3) is 4.05. The van der Waals surface area contributed by atoms with Gasteiger partial charge in [0.1, 0.15) is 5.69 Å². The van der Waals surface area contributed by atoms with Crippen LogP contribution in [0.3, 0.4) is 0 Å². The SMILES string of the molecule is CC(C)CNc1ccc(C(=O)N(C)c2ccccc2)nc1. The molecule has 0 fully saturated rings. The van der Waals surface area contributed by atoms with E-state index >= 15 is 0 Å². The number of nitrogens with zero attached hydrogens (tertiary/aromatic N) is 2. The van der Waals surface area contributed by atoms with Gasteiger partial charge in [0.05, 0.1) is 11.9 Å². The molecule has 0 spiro atoms. The minimum absolute atomic E-state index is 0.114. The zero-order valence-corrected chi connectivity index (χ0v) is 12.7. The minimum Gasteiger partial charge on any atom is -0.384 e. The van der Waals surface area contributed by atoms with Crippen LogP contribution in [0.15, 0.2) is 48.7 Å². The second kappa shape index (κ2) is 6.88. The first kappa shape index (κ1) is 15.0. The molecule has 1 aromatic heterocycles. The molecule has 21 heavy (non-hydrogen) atoms. The van der Waals surface area contributed by atoms with Crippen LogP contribution >= 0.6 is 0 Å². The molecule has 1 N–H and O–H groups in total. The van der Waals surface area contributed by atoms with Crippen LogP contribution < -0.4 is 10.2 Å². The molecule has 4 heteroatoms. The van der Waals surface area contributed by atoms with Crippen LogP contribution in [0.5, 0.6) is 0 Å². The average Bonchev–Trinajstić information content (AvgIpc) is 2.53. The van der Waals surface area contributed by atoms with Crippen LogP contribution in [0.25, 0.3) is 0 Å². The van der Waals surface area contributed by atoms with Crippen molar-refractivity contribution in [3.05, 3.63) is 54.4 Å². The Hall–Kier alpha value is -2.36. The number of carbonyl (C=O) groups excluding carboxylic acids is 1. The van der Waals surface area contributed by atoms with Crippen molar-refractivity contribution in [2.24, 2.45) is 5.92 Å². The summed E-state index contributed by atoms with van der Waals surface area (Å²) in [5, 5.41) is 3.28. The standard InChI is InChI=1S/C17H21N3O/c1-13(2)11-18-14-9-10-16(19-12-14)17(21)20(3)15-7-5-4-6-8-15/h4-10,12-13,18H,11H2,1-3H3. The summed E-state index contributed by atoms with van der Waals surface area (Å²) in [6, 6.07) is 13.2. The molecule has 2 rings (SSSR count). The van der Waals surface area contributed by atoms with E-state index in [9.17, 15) is 4.79 Å². The predicted octanol–water partition coefficient (Wildman–Crippen LogP) is 3.43. The lowest BCUT2D eigenvalue weighted by atomic mass is 10.2. The summed E-state index contributed by atoms with van der Waals surface area (Å²) < 4.78 is 0. The largest absolute Gasteiger partial charge is 0.384 e. The van der Waals surface area contributed by atoms with Gasteiger partial charge in [0.25, 0.3) is 5.91 Å². The second-order valence-corrected chi connectivity index (χ2v) is 5.41. The summed E-state index contributed by atoms with van der Waals surface area (Å²) in [6.45, 7) is 5.18. The normalized spacial score (nSPS) is 10.5. The number of benzene rings is 1. The van der Waals surface area contributed by atoms with Gasteiger partial charge in [-0.25, -0.2) is 4.98 Å². The number of anilines is 2. The van der Waals surface area contributed by atoms with Gasteiger partial charge in [0.15, 0.2) is 0 Å². The number of hydrogen-bond donors (Lipinski definition) is 1. The fourth-order valence-electron chi connectivity index (χ4n) is 1.89. The summed E-state index contributed by atoms with van der Waals surface area (Å²) in [5.74, 6) is 0.451. The Morgan fingerprint density at radius 2 is 1.90 bits per heavy atom. The quantitative estimate of drug-likeness (QED) is 0.914. The van der Waals surface area contributed by atoms with E-state index in [1.54, 1.807) is 24.2 Å². The Bertz CT molecular complexity index is 579. The monoisotopic (exact) mass is 283 g/mol. The molecule has 1 aromatic carbocycles. The summed E-state index contributed by atoms with van der Waals surface area (Å²) >= 11 is 0. The second-order valence-electron chi connectivity index (χ2n) is 5.41. The van der Waals surface area contributed by atoms with Gasteiger partial charge in [-0.3, -0.25) is 4.79 Å². The van der Waals surface area contributed by atoms with Crippen molar-refractivity contribution in [3.8, 4) is 0 Å². The van der Waals surface area contributed by atoms with Crippen LogP contribution in [0.1, 0.15) is 24.3 Å². The van der Waals surface area contributed by atoms with Gasteiger partial charge in [-0.15, -0.1) is 0 Å². The van der Waals surface area contributed by atoms with Gasteiger partial charge in [-0.2, -0.15) is 0 Å². The summed E-state index contributed by atoms with van der Waals surface area (Å²) in [7, 11) is 1.75. The maximum Gasteiger partial charge on any atom is 0.276 e. The topological polar surface area (TPSA) is 45.2 Å². The van der Waals surface area contributed by atoms with E-state index in [2.05, 4.69) is 24.1 Å². The van der Waals surface area contributed by atoms with Crippen molar-refractivity contribution < 1.29 is 4.79 Å². The zero-order chi connectivity index (χ0) is 15.2. The third-order valence-corrected chi connectivity index (χ3v) is 3.15. The minimum atomic E-state index is -0.114. The lowest BCUT2D eigenvalue weighted by Crippen LogP contribution is -2.27. The number of aromatic nitrogens is 1. The molecule has 0 aliphatic rings. The van der Waals surface area contributed by atoms with Crippen LogP contribution in [0, 0.1) is 5.92 Å². The molecule has 4 nitrogen and oxygen atoms in total. The van der Waals surface area contributed by atoms with Gasteiger partial charge in [-0.1, -0.05) is 32.0 Å². The summed E-state index contributed by atoms with van der Waals surface area (Å²) in [5.41, 5.74) is 2.23. The van der Waals surface area contributed by atoms with E-state index in [4.69, 9.17) is 0 Å². The number of rotatable bonds is 5. The highest BCUT2D eigenvalue weighted by atomic mass is 16.2. The molecule has 0 bridgehead atoms. The van der Waals surface area contributed by atoms with Gasteiger partial charge in [0.2, 0.25) is 0 Å². The lowest BCUT2D eigenvalue weighted by molar-refractivity contribution is 0.0988. The third-order valence-electron chi connectivity index (χ3n) is 3.15. The molecule has 1 heterocycles. The van der Waals surface area contributed by atoms with Crippen LogP contribution in [0.4, 0.5) is 11.4 Å². The molecule has 0 unspecified atom stereocenters. The van der Waals surface area contributed by atoms with Crippen LogP contribution in [0.2, 0.25) is 0 Å². The maximum atomic E-state index is 12.4. The summed E-state index contributed by atoms with van der Waals surface area (Å²) in [4.78, 5) is 18.2. The smallest absolute Gasteiger partial charge is 0.276 e. The fraction of sp³-hybridized carbons (Fsp3) is 0.294. The molecule has 110 valence electrons. The molecule has 0 atom stereocenters. The first-order valence-corrected chi connectivity index (χ1v) is 7.11. The molecule has 0 saturated carbocycles. The molecular weight excluding hydrogens is 262 g/mol. The van der Waals surface area contributed by atoms with E-state index in [0.29, 0.717) is 11.6 Å². The van der Waals surface area contributed by atoms with Gasteiger partial charge >= 0.3 is 0 Å². The van der Waals surface area contributed by atoms with E-state index in [1.165, 1.54) is 0 Å². The average molecular weight is 283 g/mol. The van der Waals surface area contributed by atoms with Gasteiger partial charge < -0.3 is 10.2 Å². The Labute approximate surface area is 125 Å². The Balaban J connectivity index is 2.06. The highest BCUT2D eigenvalue weighted by Crippen LogP contribution is 2.15. The van der Waals surface area contributed by atoms with Crippen molar-refractivity contribution in [2.75, 3.05) is 23.8 Å². The predicted molar refractivity (Wildman–Crippen MR) is 86.7 cm³/mol. The fourth-order valence-corrected chi connectivity index (χ4v) is 1.89. The van der Waals surface area contributed by atoms with E-state index in [0.717, 1.165) is 17.9 Å². The number of hydrogen-bond acceptors (Lipinski definition) is 3. The Morgan fingerprint density at radius 1 is 1.19 bits per heavy atom. The van der Waals surface area contributed by atoms with E-state index in [-0.39, 0.29) is 5.91 Å². The molecule has 0 aliphatic carbocycles. The number of carbonyl (C=O) groups is 1. The van der Waals surface area contributed by atoms with Crippen LogP contribution in [-0.4, -0.2) is 24.5 Å². The molecule has 2 aromatic rings. The zero-order valence-electron chi connectivity index (χ0n) is 12.7. The molecular formula is C17H21N3O. The van der Waals surface area contributed by atoms with E-state index < -0.39 is 0 Å². The first-order chi connectivity index (χ1) is 10.1. The number of amides is 1. The Morgan fingerprint density at radius 3 is 2.48 bits per heavy atom. The maximum absolute atomic E-state index is 12.4. The van der Waals surface area contributed by atoms with Crippen molar-refractivity contribution in [2.45, 2.75) is 13.8 Å². The summed E-state index contributed by atoms with van der Waals surface area (Å²) in [6.07, 6.45) is 1.70. The number of nitrogens with one attached hydrogen (secondary N) is 1. The highest BCUT2D eigenvalue weighted by molar-refractivity contribution is 6.04. The van der Waals surface area contributed by atoms with E-state index in [1.807, 2.05) is 36.4 Å². The molecule has 0 radical (unpaired) electrons. The highest BCUT2D eigenvalue weighted by Gasteiger charge is 2.14. The lowest BCUT2D eigenvalue weighted by Gasteiger charge is -2.17. The van der Waals surface area contributed by atoms with Crippen molar-refractivity contribution in [3.63, 3.8) is 0 Å². The van der Waals surface area contributed by atoms with Crippen molar-refractivity contribution in [1.82, 2.24) is 4.98 Å². The van der Waals surface area contributed by atoms with Gasteiger partial charge in [-0.05, 0) is 30.2 Å². The number of pyridine rings is 1. The van der Waals surface area contributed by atoms with Crippen molar-refractivity contribution in [1.29, 1.82) is 0 Å². The molecule has 0 aliphatic heterocycles. The molecule has 1 amide bonds. The van der Waals surface area contributed by atoms with Crippen molar-refractivity contribution >= 4 is 17.3 Å². The Kier molecular flexibility index (Phi) is 4.93. The van der Waals surface area contributed by atoms with Crippen LogP contribution in [-0.2, 0) is 0 Å².